The van der Waals surface area contributed by atoms with Crippen LogP contribution in [0.15, 0.2) is 17.3 Å². The predicted octanol–water partition coefficient (Wildman–Crippen LogP) is 3.96. The van der Waals surface area contributed by atoms with Gasteiger partial charge in [0, 0.05) is 24.8 Å². The molecule has 2 fully saturated rings. The summed E-state index contributed by atoms with van der Waals surface area (Å²) in [4.78, 5) is 73.6. The number of carbonyl (C=O) groups is 5. The molecule has 13 heteroatoms. The molecule has 12 nitrogen and oxygen atoms in total. The van der Waals surface area contributed by atoms with Gasteiger partial charge in [0.25, 0.3) is 5.91 Å². The van der Waals surface area contributed by atoms with E-state index < -0.39 is 52.6 Å². The zero-order valence-electron chi connectivity index (χ0n) is 28.9. The third kappa shape index (κ3) is 8.48. The maximum absolute atomic E-state index is 14.5. The number of Topliss-reactive ketones (excluding diaryl/α,β-unsaturated/α-hetero) is 1. The number of benzene rings is 1. The molecule has 0 unspecified atom stereocenters. The molecule has 4 atom stereocenters. The molecule has 1 aromatic carbocycles. The normalized spacial score (nSPS) is 22.4. The third-order valence-corrected chi connectivity index (χ3v) is 9.94. The molecular formula is C35H50ClN5O7. The number of rotatable bonds is 12. The monoisotopic (exact) mass is 687 g/mol. The SMILES string of the molecule is CCC[C@H](NC(=O)[C@@H]1C[C@]2(CC(c3cc(C)c(OC)c(Cl)c3)=NO2)CN1C(=O)[C@@H](NC(=O)CC1CCCCC1)C(C)(C)C)C(=O)C(N)=O. The molecule has 2 heterocycles. The van der Waals surface area contributed by atoms with Crippen LogP contribution < -0.4 is 21.1 Å². The Kier molecular flexibility index (Phi) is 11.8. The van der Waals surface area contributed by atoms with Gasteiger partial charge in [-0.15, -0.1) is 0 Å². The fourth-order valence-corrected chi connectivity index (χ4v) is 7.47. The summed E-state index contributed by atoms with van der Waals surface area (Å²) in [5, 5.41) is 10.5. The van der Waals surface area contributed by atoms with E-state index >= 15 is 0 Å². The van der Waals surface area contributed by atoms with Crippen LogP contribution in [0.3, 0.4) is 0 Å². The summed E-state index contributed by atoms with van der Waals surface area (Å²) >= 11 is 6.47. The first-order valence-electron chi connectivity index (χ1n) is 16.9. The van der Waals surface area contributed by atoms with Crippen molar-refractivity contribution in [2.75, 3.05) is 13.7 Å². The highest BCUT2D eigenvalue weighted by Gasteiger charge is 2.55. The van der Waals surface area contributed by atoms with E-state index in [1.165, 1.54) is 11.3 Å². The maximum Gasteiger partial charge on any atom is 0.287 e. The topological polar surface area (TPSA) is 169 Å². The van der Waals surface area contributed by atoms with Gasteiger partial charge >= 0.3 is 0 Å². The number of oxime groups is 1. The van der Waals surface area contributed by atoms with Gasteiger partial charge < -0.3 is 30.8 Å². The van der Waals surface area contributed by atoms with Gasteiger partial charge in [0.1, 0.15) is 17.8 Å². The van der Waals surface area contributed by atoms with Crippen molar-refractivity contribution >= 4 is 46.7 Å². The number of amides is 4. The number of nitrogens with zero attached hydrogens (tertiary/aromatic N) is 2. The summed E-state index contributed by atoms with van der Waals surface area (Å²) in [6, 6.07) is 0.466. The van der Waals surface area contributed by atoms with Gasteiger partial charge in [0.05, 0.1) is 30.4 Å². The standard InChI is InChI=1S/C35H50ClN5O7/c1-7-11-24(28(43)31(37)44)38-32(45)26-18-35(17-25(40-48-35)22-14-20(2)29(47-6)23(36)16-22)19-41(26)33(46)30(34(3,4)5)39-27(42)15-21-12-9-8-10-13-21/h14,16,21,24,26,30H,7-13,15,17-19H2,1-6H3,(H2,37,44)(H,38,45)(H,39,42)/t24-,26-,30+,35+/m0/s1. The number of carbonyl (C=O) groups excluding carboxylic acids is 5. The summed E-state index contributed by atoms with van der Waals surface area (Å²) in [6.45, 7) is 9.28. The molecule has 4 amide bonds. The Morgan fingerprint density at radius 3 is 2.42 bits per heavy atom. The summed E-state index contributed by atoms with van der Waals surface area (Å²) in [5.41, 5.74) is 5.65. The number of ether oxygens (including phenoxy) is 1. The lowest BCUT2D eigenvalue weighted by Crippen LogP contribution is -2.59. The Balaban J connectivity index is 1.63. The first-order chi connectivity index (χ1) is 22.6. The minimum atomic E-state index is -1.15. The van der Waals surface area contributed by atoms with Crippen molar-refractivity contribution in [3.63, 3.8) is 0 Å². The molecule has 2 aliphatic heterocycles. The summed E-state index contributed by atoms with van der Waals surface area (Å²) in [5.74, 6) is -2.49. The Morgan fingerprint density at radius 1 is 1.15 bits per heavy atom. The van der Waals surface area contributed by atoms with Gasteiger partial charge in [0.15, 0.2) is 5.60 Å². The summed E-state index contributed by atoms with van der Waals surface area (Å²) in [7, 11) is 1.54. The number of nitrogens with two attached hydrogens (primary N) is 1. The van der Waals surface area contributed by atoms with E-state index in [4.69, 9.17) is 26.9 Å². The molecule has 0 aromatic heterocycles. The zero-order valence-corrected chi connectivity index (χ0v) is 29.7. The third-order valence-electron chi connectivity index (χ3n) is 9.66. The van der Waals surface area contributed by atoms with Crippen molar-refractivity contribution in [2.24, 2.45) is 22.2 Å². The molecule has 1 spiro atoms. The molecule has 0 radical (unpaired) electrons. The lowest BCUT2D eigenvalue weighted by Gasteiger charge is -2.36. The predicted molar refractivity (Wildman–Crippen MR) is 181 cm³/mol. The number of aryl methyl sites for hydroxylation is 1. The number of hydrogen-bond acceptors (Lipinski definition) is 8. The Morgan fingerprint density at radius 2 is 1.83 bits per heavy atom. The Hall–Kier alpha value is -3.67. The van der Waals surface area contributed by atoms with E-state index in [1.807, 2.05) is 40.7 Å². The second-order valence-corrected chi connectivity index (χ2v) is 15.0. The fourth-order valence-electron chi connectivity index (χ4n) is 7.13. The molecule has 1 aromatic rings. The number of primary amides is 1. The van der Waals surface area contributed by atoms with Crippen LogP contribution in [0, 0.1) is 18.3 Å². The van der Waals surface area contributed by atoms with Crippen molar-refractivity contribution in [2.45, 2.75) is 123 Å². The molecule has 4 N–H and O–H groups in total. The smallest absolute Gasteiger partial charge is 0.287 e. The number of methoxy groups -OCH3 is 1. The van der Waals surface area contributed by atoms with E-state index in [0.717, 1.165) is 36.8 Å². The van der Waals surface area contributed by atoms with Crippen LogP contribution in [0.25, 0.3) is 0 Å². The summed E-state index contributed by atoms with van der Waals surface area (Å²) < 4.78 is 5.39. The van der Waals surface area contributed by atoms with Crippen molar-refractivity contribution in [3.05, 3.63) is 28.3 Å². The average Bonchev–Trinajstić information content (AvgIpc) is 3.62. The fraction of sp³-hybridized carbons (Fsp3) is 0.657. The molecule has 0 bridgehead atoms. The molecule has 1 saturated heterocycles. The number of nitrogens with one attached hydrogen (secondary N) is 2. The molecule has 1 saturated carbocycles. The van der Waals surface area contributed by atoms with Crippen molar-refractivity contribution in [1.29, 1.82) is 0 Å². The van der Waals surface area contributed by atoms with E-state index in [-0.39, 0.29) is 37.6 Å². The highest BCUT2D eigenvalue weighted by atomic mass is 35.5. The average molecular weight is 688 g/mol. The molecule has 264 valence electrons. The summed E-state index contributed by atoms with van der Waals surface area (Å²) in [6.07, 6.45) is 6.71. The van der Waals surface area contributed by atoms with Gasteiger partial charge in [-0.2, -0.15) is 0 Å². The molecular weight excluding hydrogens is 638 g/mol. The Labute approximate surface area is 287 Å². The highest BCUT2D eigenvalue weighted by molar-refractivity contribution is 6.37. The maximum atomic E-state index is 14.5. The van der Waals surface area contributed by atoms with Gasteiger partial charge in [-0.05, 0) is 55.2 Å². The number of halogens is 1. The number of hydrogen-bond donors (Lipinski definition) is 3. The van der Waals surface area contributed by atoms with Crippen molar-refractivity contribution < 1.29 is 33.5 Å². The minimum absolute atomic E-state index is 0.00702. The minimum Gasteiger partial charge on any atom is -0.495 e. The van der Waals surface area contributed by atoms with Crippen molar-refractivity contribution in [3.8, 4) is 5.75 Å². The van der Waals surface area contributed by atoms with Crippen molar-refractivity contribution in [1.82, 2.24) is 15.5 Å². The lowest BCUT2D eigenvalue weighted by atomic mass is 9.84. The zero-order chi connectivity index (χ0) is 35.4. The Bertz CT molecular complexity index is 1430. The van der Waals surface area contributed by atoms with E-state index in [0.29, 0.717) is 29.3 Å². The first-order valence-corrected chi connectivity index (χ1v) is 17.3. The van der Waals surface area contributed by atoms with Crippen LogP contribution in [-0.2, 0) is 28.8 Å². The molecule has 3 aliphatic rings. The molecule has 48 heavy (non-hydrogen) atoms. The van der Waals surface area contributed by atoms with Gasteiger partial charge in [0.2, 0.25) is 23.5 Å². The van der Waals surface area contributed by atoms with Gasteiger partial charge in [-0.3, -0.25) is 24.0 Å². The number of ketones is 1. The van der Waals surface area contributed by atoms with Crippen LogP contribution in [0.5, 0.6) is 5.75 Å². The lowest BCUT2D eigenvalue weighted by molar-refractivity contribution is -0.145. The quantitative estimate of drug-likeness (QED) is 0.279. The van der Waals surface area contributed by atoms with Crippen LogP contribution in [0.2, 0.25) is 5.02 Å². The van der Waals surface area contributed by atoms with Gasteiger partial charge in [-0.1, -0.05) is 70.1 Å². The van der Waals surface area contributed by atoms with Crippen LogP contribution in [0.1, 0.15) is 103 Å². The van der Waals surface area contributed by atoms with Crippen LogP contribution in [-0.4, -0.2) is 77.4 Å². The van der Waals surface area contributed by atoms with Crippen LogP contribution >= 0.6 is 11.6 Å². The van der Waals surface area contributed by atoms with Gasteiger partial charge in [-0.25, -0.2) is 0 Å². The second kappa shape index (κ2) is 15.3. The molecule has 4 rings (SSSR count). The largest absolute Gasteiger partial charge is 0.495 e. The molecule has 1 aliphatic carbocycles. The number of likely N-dealkylation sites (tertiary alicyclic amines) is 1. The first kappa shape index (κ1) is 37.2. The van der Waals surface area contributed by atoms with E-state index in [1.54, 1.807) is 13.2 Å². The van der Waals surface area contributed by atoms with Crippen LogP contribution in [0.4, 0.5) is 0 Å². The van der Waals surface area contributed by atoms with E-state index in [9.17, 15) is 24.0 Å². The second-order valence-electron chi connectivity index (χ2n) is 14.6. The highest BCUT2D eigenvalue weighted by Crippen LogP contribution is 2.41. The van der Waals surface area contributed by atoms with E-state index in [2.05, 4.69) is 15.8 Å².